The molecule has 1 N–H and O–H groups in total. The molecule has 0 spiro atoms. The number of H-pyrrole nitrogens is 1. The maximum absolute atomic E-state index is 12.4. The van der Waals surface area contributed by atoms with E-state index in [1.54, 1.807) is 26.8 Å². The Bertz CT molecular complexity index is 2180. The standard InChI is InChI=1S/C45H51N3O5/c1-28(2)30-14-18-36-31(24-30)15-21-39-44(6,22-11-23-45(36,39)7)26-35-33(29-12-9-8-10-13-29)17-19-37-41(35)47-42(46-37)34-25-32(16-20-38(34)48(50)51)52-27-40(49)53-43(3,4)5/h8-10,12-14,16-20,24-25,28,39H,11,15,21-23,26-27H2,1-7H3,(H,46,47)/t39-,44+,45+/m0/s1. The Labute approximate surface area is 312 Å². The largest absolute Gasteiger partial charge is 0.482 e. The van der Waals surface area contributed by atoms with Gasteiger partial charge in [-0.05, 0) is 127 Å². The van der Waals surface area contributed by atoms with E-state index >= 15 is 0 Å². The minimum absolute atomic E-state index is 0.000245. The highest BCUT2D eigenvalue weighted by Crippen LogP contribution is 2.59. The molecule has 1 aromatic heterocycles. The molecule has 3 atom stereocenters. The maximum atomic E-state index is 12.4. The van der Waals surface area contributed by atoms with Gasteiger partial charge in [0.15, 0.2) is 6.61 Å². The summed E-state index contributed by atoms with van der Waals surface area (Å²) in [4.78, 5) is 32.9. The molecule has 1 fully saturated rings. The topological polar surface area (TPSA) is 107 Å². The molecule has 276 valence electrons. The molecule has 4 aromatic carbocycles. The molecule has 0 saturated heterocycles. The van der Waals surface area contributed by atoms with Gasteiger partial charge in [0.25, 0.3) is 5.69 Å². The number of ether oxygens (including phenoxy) is 2. The van der Waals surface area contributed by atoms with Gasteiger partial charge in [0.2, 0.25) is 0 Å². The van der Waals surface area contributed by atoms with E-state index in [1.807, 2.05) is 12.1 Å². The number of carbonyl (C=O) groups is 1. The molecule has 2 aliphatic carbocycles. The number of benzene rings is 4. The first kappa shape index (κ1) is 36.4. The van der Waals surface area contributed by atoms with Gasteiger partial charge in [-0.15, -0.1) is 0 Å². The third-order valence-electron chi connectivity index (χ3n) is 11.8. The zero-order chi connectivity index (χ0) is 37.7. The Kier molecular flexibility index (Phi) is 9.46. The number of fused-ring (bicyclic) bond motifs is 4. The summed E-state index contributed by atoms with van der Waals surface area (Å²) in [6.45, 7) is 14.6. The molecule has 1 heterocycles. The van der Waals surface area contributed by atoms with Crippen LogP contribution >= 0.6 is 0 Å². The van der Waals surface area contributed by atoms with Crippen molar-refractivity contribution >= 4 is 22.7 Å². The Morgan fingerprint density at radius 2 is 1.77 bits per heavy atom. The van der Waals surface area contributed by atoms with Crippen LogP contribution in [0, 0.1) is 21.4 Å². The minimum atomic E-state index is -0.655. The van der Waals surface area contributed by atoms with Gasteiger partial charge in [-0.1, -0.05) is 88.7 Å². The van der Waals surface area contributed by atoms with Crippen LogP contribution in [0.15, 0.2) is 78.9 Å². The molecule has 0 radical (unpaired) electrons. The van der Waals surface area contributed by atoms with Crippen LogP contribution in [-0.2, 0) is 27.8 Å². The maximum Gasteiger partial charge on any atom is 0.344 e. The number of nitrogens with one attached hydrogen (secondary N) is 1. The summed E-state index contributed by atoms with van der Waals surface area (Å²) in [6, 6.07) is 26.4. The molecule has 8 nitrogen and oxygen atoms in total. The van der Waals surface area contributed by atoms with E-state index < -0.39 is 16.5 Å². The fourth-order valence-corrected chi connectivity index (χ4v) is 9.41. The van der Waals surface area contributed by atoms with E-state index in [2.05, 4.69) is 81.2 Å². The predicted octanol–water partition coefficient (Wildman–Crippen LogP) is 10.9. The van der Waals surface area contributed by atoms with E-state index in [0.717, 1.165) is 59.8 Å². The van der Waals surface area contributed by atoms with E-state index in [9.17, 15) is 14.9 Å². The third-order valence-corrected chi connectivity index (χ3v) is 11.8. The van der Waals surface area contributed by atoms with Crippen LogP contribution in [0.25, 0.3) is 33.5 Å². The average Bonchev–Trinajstić information content (AvgIpc) is 3.55. The fraction of sp³-hybridized carbons (Fsp3) is 0.422. The molecule has 0 bridgehead atoms. The van der Waals surface area contributed by atoms with Crippen LogP contribution in [0.3, 0.4) is 0 Å². The zero-order valence-electron chi connectivity index (χ0n) is 32.0. The summed E-state index contributed by atoms with van der Waals surface area (Å²) in [5, 5.41) is 12.3. The van der Waals surface area contributed by atoms with E-state index in [4.69, 9.17) is 14.5 Å². The summed E-state index contributed by atoms with van der Waals surface area (Å²) < 4.78 is 11.1. The highest BCUT2D eigenvalue weighted by molar-refractivity contribution is 5.90. The second kappa shape index (κ2) is 13.8. The van der Waals surface area contributed by atoms with Crippen molar-refractivity contribution in [3.63, 3.8) is 0 Å². The van der Waals surface area contributed by atoms with Crippen molar-refractivity contribution in [3.8, 4) is 28.3 Å². The van der Waals surface area contributed by atoms with Crippen LogP contribution in [0.4, 0.5) is 5.69 Å². The first-order chi connectivity index (χ1) is 25.1. The number of nitrogens with zero attached hydrogens (tertiary/aromatic N) is 2. The molecule has 2 aliphatic rings. The monoisotopic (exact) mass is 713 g/mol. The summed E-state index contributed by atoms with van der Waals surface area (Å²) in [5.74, 6) is 1.17. The van der Waals surface area contributed by atoms with Crippen molar-refractivity contribution in [3.05, 3.63) is 111 Å². The lowest BCUT2D eigenvalue weighted by molar-refractivity contribution is -0.384. The number of esters is 1. The number of rotatable bonds is 9. The van der Waals surface area contributed by atoms with E-state index in [1.165, 1.54) is 35.2 Å². The van der Waals surface area contributed by atoms with Gasteiger partial charge in [0.05, 0.1) is 21.5 Å². The Morgan fingerprint density at radius 3 is 2.49 bits per heavy atom. The fourth-order valence-electron chi connectivity index (χ4n) is 9.41. The van der Waals surface area contributed by atoms with E-state index in [0.29, 0.717) is 29.0 Å². The number of hydrogen-bond donors (Lipinski definition) is 1. The van der Waals surface area contributed by atoms with Crippen LogP contribution in [0.2, 0.25) is 0 Å². The number of aryl methyl sites for hydroxylation is 1. The van der Waals surface area contributed by atoms with Crippen LogP contribution in [0.5, 0.6) is 5.75 Å². The lowest BCUT2D eigenvalue weighted by Gasteiger charge is -2.56. The molecule has 0 amide bonds. The summed E-state index contributed by atoms with van der Waals surface area (Å²) in [6.07, 6.45) is 6.52. The van der Waals surface area contributed by atoms with Crippen molar-refractivity contribution < 1.29 is 19.2 Å². The molecule has 53 heavy (non-hydrogen) atoms. The van der Waals surface area contributed by atoms with Crippen molar-refractivity contribution in [2.24, 2.45) is 11.3 Å². The lowest BCUT2D eigenvalue weighted by Crippen LogP contribution is -2.50. The smallest absolute Gasteiger partial charge is 0.344 e. The number of hydrogen-bond acceptors (Lipinski definition) is 6. The molecule has 0 unspecified atom stereocenters. The lowest BCUT2D eigenvalue weighted by atomic mass is 9.48. The van der Waals surface area contributed by atoms with Gasteiger partial charge >= 0.3 is 5.97 Å². The zero-order valence-corrected chi connectivity index (χ0v) is 32.0. The van der Waals surface area contributed by atoms with Crippen molar-refractivity contribution in [2.75, 3.05) is 6.61 Å². The van der Waals surface area contributed by atoms with Gasteiger partial charge in [-0.2, -0.15) is 0 Å². The van der Waals surface area contributed by atoms with Gasteiger partial charge in [-0.25, -0.2) is 9.78 Å². The van der Waals surface area contributed by atoms with Crippen LogP contribution in [-0.4, -0.2) is 33.1 Å². The molecule has 5 aromatic rings. The highest BCUT2D eigenvalue weighted by atomic mass is 16.6. The van der Waals surface area contributed by atoms with Gasteiger partial charge in [-0.3, -0.25) is 10.1 Å². The molecular weight excluding hydrogens is 663 g/mol. The Hall–Kier alpha value is -4.98. The number of carbonyl (C=O) groups excluding carboxylic acids is 1. The summed E-state index contributed by atoms with van der Waals surface area (Å²) in [7, 11) is 0. The van der Waals surface area contributed by atoms with Crippen molar-refractivity contribution in [1.29, 1.82) is 0 Å². The van der Waals surface area contributed by atoms with Crippen LogP contribution in [0.1, 0.15) is 102 Å². The van der Waals surface area contributed by atoms with Crippen molar-refractivity contribution in [1.82, 2.24) is 9.97 Å². The summed E-state index contributed by atoms with van der Waals surface area (Å²) >= 11 is 0. The quantitative estimate of drug-likeness (QED) is 0.0925. The Balaban J connectivity index is 1.30. The molecule has 8 heteroatoms. The number of nitro groups is 1. The third kappa shape index (κ3) is 7.08. The van der Waals surface area contributed by atoms with Gasteiger partial charge < -0.3 is 14.5 Å². The second-order valence-corrected chi connectivity index (χ2v) is 17.0. The second-order valence-electron chi connectivity index (χ2n) is 17.0. The summed E-state index contributed by atoms with van der Waals surface area (Å²) in [5.41, 5.74) is 9.12. The highest BCUT2D eigenvalue weighted by Gasteiger charge is 2.52. The van der Waals surface area contributed by atoms with Crippen molar-refractivity contribution in [2.45, 2.75) is 104 Å². The minimum Gasteiger partial charge on any atom is -0.482 e. The predicted molar refractivity (Wildman–Crippen MR) is 210 cm³/mol. The number of nitro benzene ring substituents is 1. The average molecular weight is 714 g/mol. The molecule has 7 rings (SSSR count). The molecule has 1 saturated carbocycles. The Morgan fingerprint density at radius 1 is 1.00 bits per heavy atom. The van der Waals surface area contributed by atoms with E-state index in [-0.39, 0.29) is 23.1 Å². The number of aromatic amines is 1. The van der Waals surface area contributed by atoms with Gasteiger partial charge in [0.1, 0.15) is 17.2 Å². The molecule has 0 aliphatic heterocycles. The first-order valence-electron chi connectivity index (χ1n) is 19.0. The van der Waals surface area contributed by atoms with Gasteiger partial charge in [0, 0.05) is 6.07 Å². The SMILES string of the molecule is CC(C)c1ccc2c(c1)CC[C@H]1[C@@](C)(Cc3c(-c4ccccc4)ccc4[nH]c(-c5cc(OCC(=O)OC(C)(C)C)ccc5[N+](=O)[O-])nc34)CCC[C@]21C. The number of imidazole rings is 1. The number of aromatic nitrogens is 2. The normalized spacial score (nSPS) is 21.2. The van der Waals surface area contributed by atoms with Crippen LogP contribution < -0.4 is 4.74 Å². The first-order valence-corrected chi connectivity index (χ1v) is 19.0. The molecular formula is C45H51N3O5.